The molecule has 1 N–H and O–H groups in total. The zero-order chi connectivity index (χ0) is 20.2. The lowest BCUT2D eigenvalue weighted by Gasteiger charge is -2.36. The number of hydrogen-bond acceptors (Lipinski definition) is 4. The average molecular weight is 539 g/mol. The summed E-state index contributed by atoms with van der Waals surface area (Å²) in [5.74, 6) is 1.01. The molecule has 0 aliphatic carbocycles. The van der Waals surface area contributed by atoms with E-state index < -0.39 is 0 Å². The van der Waals surface area contributed by atoms with Crippen LogP contribution in [0.5, 0.6) is 0 Å². The van der Waals surface area contributed by atoms with Gasteiger partial charge in [0, 0.05) is 44.9 Å². The van der Waals surface area contributed by atoms with E-state index >= 15 is 0 Å². The third-order valence-corrected chi connectivity index (χ3v) is 4.68. The fraction of sp³-hybridized carbons (Fsp3) is 0.600. The minimum absolute atomic E-state index is 0. The zero-order valence-electron chi connectivity index (χ0n) is 17.2. The first-order valence-electron chi connectivity index (χ1n) is 9.76. The monoisotopic (exact) mass is 538 g/mol. The molecule has 2 rings (SSSR count). The molecule has 9 heteroatoms. The molecule has 29 heavy (non-hydrogen) atoms. The lowest BCUT2D eigenvalue weighted by atomic mass is 10.1. The van der Waals surface area contributed by atoms with E-state index in [0.717, 1.165) is 31.2 Å². The van der Waals surface area contributed by atoms with Crippen LogP contribution >= 0.6 is 35.6 Å². The molecule has 0 radical (unpaired) electrons. The molecule has 1 fully saturated rings. The molecule has 1 amide bonds. The van der Waals surface area contributed by atoms with E-state index in [2.05, 4.69) is 22.1 Å². The van der Waals surface area contributed by atoms with Gasteiger partial charge in [0.05, 0.1) is 32.8 Å². The van der Waals surface area contributed by atoms with E-state index in [1.165, 1.54) is 0 Å². The number of guanidine groups is 1. The zero-order valence-corrected chi connectivity index (χ0v) is 20.3. The number of nitrogens with one attached hydrogen (secondary N) is 1. The maximum Gasteiger partial charge on any atom is 0.227 e. The molecular weight excluding hydrogens is 507 g/mol. The van der Waals surface area contributed by atoms with Gasteiger partial charge in [0.25, 0.3) is 0 Å². The molecule has 1 aromatic rings. The molecule has 0 bridgehead atoms. The van der Waals surface area contributed by atoms with E-state index in [1.807, 2.05) is 29.2 Å². The molecule has 1 aliphatic rings. The summed E-state index contributed by atoms with van der Waals surface area (Å²) in [5.41, 5.74) is 0.948. The van der Waals surface area contributed by atoms with Crippen LogP contribution < -0.4 is 5.32 Å². The SMILES string of the molecule is CCNC(=NCCOCCOC)N1CCN(C(=O)Cc2cccc(Cl)c2)CC1.I. The predicted octanol–water partition coefficient (Wildman–Crippen LogP) is 2.27. The largest absolute Gasteiger partial charge is 0.382 e. The van der Waals surface area contributed by atoms with Crippen LogP contribution in [0.3, 0.4) is 0 Å². The number of halogens is 2. The second kappa shape index (κ2) is 14.8. The van der Waals surface area contributed by atoms with Gasteiger partial charge >= 0.3 is 0 Å². The Hall–Kier alpha value is -1.10. The molecule has 7 nitrogen and oxygen atoms in total. The van der Waals surface area contributed by atoms with Crippen LogP contribution in [0.15, 0.2) is 29.3 Å². The van der Waals surface area contributed by atoms with Crippen molar-refractivity contribution in [1.82, 2.24) is 15.1 Å². The first-order chi connectivity index (χ1) is 13.6. The van der Waals surface area contributed by atoms with Crippen LogP contribution in [-0.2, 0) is 20.7 Å². The lowest BCUT2D eigenvalue weighted by molar-refractivity contribution is -0.131. The van der Waals surface area contributed by atoms with Crippen LogP contribution in [0.2, 0.25) is 5.02 Å². The van der Waals surface area contributed by atoms with Gasteiger partial charge in [0.15, 0.2) is 5.96 Å². The number of ether oxygens (including phenoxy) is 2. The van der Waals surface area contributed by atoms with Gasteiger partial charge in [-0.1, -0.05) is 23.7 Å². The number of methoxy groups -OCH3 is 1. The fourth-order valence-electron chi connectivity index (χ4n) is 2.99. The number of nitrogens with zero attached hydrogens (tertiary/aromatic N) is 3. The first kappa shape index (κ1) is 25.9. The highest BCUT2D eigenvalue weighted by Crippen LogP contribution is 2.13. The molecule has 0 unspecified atom stereocenters. The molecule has 1 saturated heterocycles. The third kappa shape index (κ3) is 9.50. The maximum absolute atomic E-state index is 12.6. The van der Waals surface area contributed by atoms with E-state index in [-0.39, 0.29) is 29.9 Å². The fourth-order valence-corrected chi connectivity index (χ4v) is 3.20. The lowest BCUT2D eigenvalue weighted by Crippen LogP contribution is -2.54. The minimum atomic E-state index is 0. The van der Waals surface area contributed by atoms with Crippen molar-refractivity contribution in [1.29, 1.82) is 0 Å². The van der Waals surface area contributed by atoms with Gasteiger partial charge < -0.3 is 24.6 Å². The van der Waals surface area contributed by atoms with E-state index in [0.29, 0.717) is 50.9 Å². The van der Waals surface area contributed by atoms with Crippen molar-refractivity contribution in [2.75, 3.05) is 66.2 Å². The number of benzene rings is 1. The first-order valence-corrected chi connectivity index (χ1v) is 10.1. The van der Waals surface area contributed by atoms with Crippen molar-refractivity contribution in [3.05, 3.63) is 34.9 Å². The van der Waals surface area contributed by atoms with Gasteiger partial charge in [-0.05, 0) is 24.6 Å². The van der Waals surface area contributed by atoms with E-state index in [9.17, 15) is 4.79 Å². The quantitative estimate of drug-likeness (QED) is 0.226. The Morgan fingerprint density at radius 3 is 2.55 bits per heavy atom. The summed E-state index contributed by atoms with van der Waals surface area (Å²) in [6.45, 7) is 8.09. The molecular formula is C20H32ClIN4O3. The summed E-state index contributed by atoms with van der Waals surface area (Å²) < 4.78 is 10.4. The molecule has 164 valence electrons. The van der Waals surface area contributed by atoms with Crippen molar-refractivity contribution in [2.45, 2.75) is 13.3 Å². The number of aliphatic imine (C=N–C) groups is 1. The Kier molecular flexibility index (Phi) is 13.2. The molecule has 1 aromatic carbocycles. The number of hydrogen-bond donors (Lipinski definition) is 1. The van der Waals surface area contributed by atoms with E-state index in [1.54, 1.807) is 7.11 Å². The van der Waals surface area contributed by atoms with Crippen molar-refractivity contribution < 1.29 is 14.3 Å². The second-order valence-electron chi connectivity index (χ2n) is 6.52. The minimum Gasteiger partial charge on any atom is -0.382 e. The highest BCUT2D eigenvalue weighted by atomic mass is 127. The van der Waals surface area contributed by atoms with Gasteiger partial charge in [-0.3, -0.25) is 9.79 Å². The molecule has 1 heterocycles. The number of carbonyl (C=O) groups excluding carboxylic acids is 1. The van der Waals surface area contributed by atoms with Gasteiger partial charge in [0.1, 0.15) is 0 Å². The van der Waals surface area contributed by atoms with Crippen LogP contribution in [0.1, 0.15) is 12.5 Å². The summed E-state index contributed by atoms with van der Waals surface area (Å²) in [6, 6.07) is 7.48. The highest BCUT2D eigenvalue weighted by Gasteiger charge is 2.23. The van der Waals surface area contributed by atoms with Gasteiger partial charge in [0.2, 0.25) is 5.91 Å². The summed E-state index contributed by atoms with van der Waals surface area (Å²) in [5, 5.41) is 3.98. The summed E-state index contributed by atoms with van der Waals surface area (Å²) in [7, 11) is 1.66. The third-order valence-electron chi connectivity index (χ3n) is 4.44. The average Bonchev–Trinajstić information content (AvgIpc) is 2.70. The van der Waals surface area contributed by atoms with Crippen molar-refractivity contribution >= 4 is 47.4 Å². The molecule has 0 aromatic heterocycles. The summed E-state index contributed by atoms with van der Waals surface area (Å²) >= 11 is 6.01. The Morgan fingerprint density at radius 2 is 1.90 bits per heavy atom. The Balaban J connectivity index is 0.00000420. The maximum atomic E-state index is 12.6. The molecule has 0 atom stereocenters. The van der Waals surface area contributed by atoms with Crippen LogP contribution in [-0.4, -0.2) is 87.9 Å². The number of amides is 1. The Morgan fingerprint density at radius 1 is 1.17 bits per heavy atom. The van der Waals surface area contributed by atoms with Crippen molar-refractivity contribution in [3.8, 4) is 0 Å². The standard InChI is InChI=1S/C20H31ClN4O3.HI/c1-3-22-20(23-7-12-28-14-13-27-2)25-10-8-24(9-11-25)19(26)16-17-5-4-6-18(21)15-17;/h4-6,15H,3,7-14,16H2,1-2H3,(H,22,23);1H. The van der Waals surface area contributed by atoms with Crippen LogP contribution in [0.4, 0.5) is 0 Å². The number of carbonyl (C=O) groups is 1. The highest BCUT2D eigenvalue weighted by molar-refractivity contribution is 14.0. The van der Waals surface area contributed by atoms with E-state index in [4.69, 9.17) is 21.1 Å². The van der Waals surface area contributed by atoms with Crippen LogP contribution in [0, 0.1) is 0 Å². The van der Waals surface area contributed by atoms with Gasteiger partial charge in [-0.2, -0.15) is 0 Å². The number of piperazine rings is 1. The smallest absolute Gasteiger partial charge is 0.227 e. The molecule has 0 saturated carbocycles. The normalized spacial score (nSPS) is 14.5. The van der Waals surface area contributed by atoms with Crippen molar-refractivity contribution in [3.63, 3.8) is 0 Å². The van der Waals surface area contributed by atoms with Gasteiger partial charge in [-0.25, -0.2) is 0 Å². The topological polar surface area (TPSA) is 66.4 Å². The summed E-state index contributed by atoms with van der Waals surface area (Å²) in [6.07, 6.45) is 0.382. The number of rotatable bonds is 9. The summed E-state index contributed by atoms with van der Waals surface area (Å²) in [4.78, 5) is 21.3. The Labute approximate surface area is 195 Å². The second-order valence-corrected chi connectivity index (χ2v) is 6.95. The van der Waals surface area contributed by atoms with Crippen molar-refractivity contribution in [2.24, 2.45) is 4.99 Å². The molecule has 1 aliphatic heterocycles. The Bertz CT molecular complexity index is 640. The van der Waals surface area contributed by atoms with Gasteiger partial charge in [-0.15, -0.1) is 24.0 Å². The van der Waals surface area contributed by atoms with Crippen LogP contribution in [0.25, 0.3) is 0 Å². The molecule has 0 spiro atoms. The predicted molar refractivity (Wildman–Crippen MR) is 127 cm³/mol.